The van der Waals surface area contributed by atoms with Crippen LogP contribution in [-0.2, 0) is 6.54 Å². The first-order chi connectivity index (χ1) is 9.33. The van der Waals surface area contributed by atoms with Crippen LogP contribution in [0.2, 0.25) is 0 Å². The van der Waals surface area contributed by atoms with Crippen LogP contribution in [0.5, 0.6) is 0 Å². The van der Waals surface area contributed by atoms with Crippen molar-refractivity contribution in [3.8, 4) is 9.88 Å². The van der Waals surface area contributed by atoms with E-state index in [1.165, 1.54) is 12.3 Å². The summed E-state index contributed by atoms with van der Waals surface area (Å²) >= 11 is 3.22. The predicted molar refractivity (Wildman–Crippen MR) is 73.1 cm³/mol. The summed E-state index contributed by atoms with van der Waals surface area (Å²) in [5.74, 6) is -0.0862. The van der Waals surface area contributed by atoms with E-state index in [2.05, 4.69) is 15.5 Å². The fraction of sp³-hybridized carbons (Fsp3) is 0.0833. The van der Waals surface area contributed by atoms with Gasteiger partial charge in [-0.15, -0.1) is 22.7 Å². The van der Waals surface area contributed by atoms with Crippen LogP contribution in [0.3, 0.4) is 0 Å². The molecule has 5 nitrogen and oxygen atoms in total. The number of rotatable bonds is 4. The van der Waals surface area contributed by atoms with Crippen LogP contribution in [0.4, 0.5) is 0 Å². The Labute approximate surface area is 116 Å². The molecule has 0 fully saturated rings. The van der Waals surface area contributed by atoms with Gasteiger partial charge in [0.1, 0.15) is 5.01 Å². The van der Waals surface area contributed by atoms with Gasteiger partial charge in [0.2, 0.25) is 5.76 Å². The van der Waals surface area contributed by atoms with Crippen LogP contribution in [-0.4, -0.2) is 16.0 Å². The molecule has 0 saturated heterocycles. The molecule has 7 heteroatoms. The van der Waals surface area contributed by atoms with Crippen LogP contribution in [0, 0.1) is 0 Å². The average Bonchev–Trinajstić information content (AvgIpc) is 3.14. The zero-order valence-electron chi connectivity index (χ0n) is 9.70. The highest BCUT2D eigenvalue weighted by Crippen LogP contribution is 2.27. The number of nitrogens with zero attached hydrogens (tertiary/aromatic N) is 2. The van der Waals surface area contributed by atoms with E-state index in [0.29, 0.717) is 6.54 Å². The van der Waals surface area contributed by atoms with E-state index in [1.54, 1.807) is 22.7 Å². The number of thiophene rings is 1. The summed E-state index contributed by atoms with van der Waals surface area (Å²) in [4.78, 5) is 17.3. The molecule has 3 aromatic heterocycles. The molecule has 0 bridgehead atoms. The van der Waals surface area contributed by atoms with Gasteiger partial charge < -0.3 is 9.84 Å². The monoisotopic (exact) mass is 291 g/mol. The van der Waals surface area contributed by atoms with Crippen molar-refractivity contribution in [3.05, 3.63) is 46.6 Å². The Balaban J connectivity index is 1.63. The zero-order chi connectivity index (χ0) is 13.1. The van der Waals surface area contributed by atoms with Crippen molar-refractivity contribution in [1.82, 2.24) is 15.5 Å². The lowest BCUT2D eigenvalue weighted by Gasteiger charge is -1.98. The van der Waals surface area contributed by atoms with Crippen molar-refractivity contribution in [1.29, 1.82) is 0 Å². The van der Waals surface area contributed by atoms with Gasteiger partial charge in [-0.25, -0.2) is 4.98 Å². The number of aromatic nitrogens is 2. The number of hydrogen-bond acceptors (Lipinski definition) is 6. The van der Waals surface area contributed by atoms with Gasteiger partial charge in [0.15, 0.2) is 0 Å². The van der Waals surface area contributed by atoms with Crippen LogP contribution in [0.1, 0.15) is 16.2 Å². The lowest BCUT2D eigenvalue weighted by atomic mass is 10.4. The van der Waals surface area contributed by atoms with Crippen molar-refractivity contribution in [2.24, 2.45) is 0 Å². The van der Waals surface area contributed by atoms with Gasteiger partial charge in [-0.05, 0) is 11.4 Å². The molecule has 0 aliphatic heterocycles. The van der Waals surface area contributed by atoms with Gasteiger partial charge in [-0.1, -0.05) is 11.2 Å². The molecule has 0 unspecified atom stereocenters. The molecule has 3 heterocycles. The summed E-state index contributed by atoms with van der Waals surface area (Å²) < 4.78 is 4.77. The standard InChI is InChI=1S/C12H9N3O2S2/c16-11(9-3-4-14-17-9)13-6-8-7-19-12(15-8)10-2-1-5-18-10/h1-5,7H,6H2,(H,13,16). The first-order valence-electron chi connectivity index (χ1n) is 5.50. The maximum atomic E-state index is 11.6. The van der Waals surface area contributed by atoms with E-state index in [1.807, 2.05) is 22.9 Å². The lowest BCUT2D eigenvalue weighted by Crippen LogP contribution is -2.22. The number of amides is 1. The summed E-state index contributed by atoms with van der Waals surface area (Å²) in [6, 6.07) is 5.54. The first kappa shape index (κ1) is 12.1. The second-order valence-corrected chi connectivity index (χ2v) is 5.49. The Morgan fingerprint density at radius 1 is 1.37 bits per heavy atom. The molecular weight excluding hydrogens is 282 g/mol. The summed E-state index contributed by atoms with van der Waals surface area (Å²) in [5, 5.41) is 11.2. The third-order valence-electron chi connectivity index (χ3n) is 2.38. The molecule has 0 saturated carbocycles. The summed E-state index contributed by atoms with van der Waals surface area (Å²) in [7, 11) is 0. The zero-order valence-corrected chi connectivity index (χ0v) is 11.3. The molecule has 3 rings (SSSR count). The van der Waals surface area contributed by atoms with E-state index < -0.39 is 0 Å². The smallest absolute Gasteiger partial charge is 0.290 e. The largest absolute Gasteiger partial charge is 0.351 e. The van der Waals surface area contributed by atoms with E-state index in [-0.39, 0.29) is 11.7 Å². The van der Waals surface area contributed by atoms with E-state index in [0.717, 1.165) is 15.6 Å². The van der Waals surface area contributed by atoms with Crippen molar-refractivity contribution < 1.29 is 9.32 Å². The molecule has 96 valence electrons. The normalized spacial score (nSPS) is 10.5. The minimum absolute atomic E-state index is 0.203. The minimum atomic E-state index is -0.289. The van der Waals surface area contributed by atoms with Crippen LogP contribution in [0.15, 0.2) is 39.7 Å². The van der Waals surface area contributed by atoms with Gasteiger partial charge in [0, 0.05) is 11.4 Å². The highest BCUT2D eigenvalue weighted by Gasteiger charge is 2.10. The van der Waals surface area contributed by atoms with Crippen molar-refractivity contribution in [2.45, 2.75) is 6.54 Å². The summed E-state index contributed by atoms with van der Waals surface area (Å²) in [6.45, 7) is 0.376. The topological polar surface area (TPSA) is 68.0 Å². The second-order valence-electron chi connectivity index (χ2n) is 3.68. The maximum absolute atomic E-state index is 11.6. The molecule has 0 spiro atoms. The third-order valence-corrected chi connectivity index (χ3v) is 4.31. The Kier molecular flexibility index (Phi) is 3.39. The predicted octanol–water partition coefficient (Wildman–Crippen LogP) is 2.79. The number of carbonyl (C=O) groups excluding carboxylic acids is 1. The maximum Gasteiger partial charge on any atom is 0.290 e. The molecule has 0 aliphatic rings. The van der Waals surface area contributed by atoms with Gasteiger partial charge in [0.05, 0.1) is 23.3 Å². The molecular formula is C12H9N3O2S2. The van der Waals surface area contributed by atoms with E-state index in [9.17, 15) is 4.79 Å². The quantitative estimate of drug-likeness (QED) is 0.802. The molecule has 3 aromatic rings. The molecule has 0 radical (unpaired) electrons. The van der Waals surface area contributed by atoms with Crippen LogP contribution < -0.4 is 5.32 Å². The van der Waals surface area contributed by atoms with Gasteiger partial charge in [-0.2, -0.15) is 0 Å². The Morgan fingerprint density at radius 3 is 3.05 bits per heavy atom. The van der Waals surface area contributed by atoms with Gasteiger partial charge >= 0.3 is 0 Å². The number of nitrogens with one attached hydrogen (secondary N) is 1. The molecule has 0 aliphatic carbocycles. The molecule has 1 amide bonds. The van der Waals surface area contributed by atoms with Crippen molar-refractivity contribution in [2.75, 3.05) is 0 Å². The van der Waals surface area contributed by atoms with Crippen molar-refractivity contribution >= 4 is 28.6 Å². The highest BCUT2D eigenvalue weighted by atomic mass is 32.1. The van der Waals surface area contributed by atoms with Gasteiger partial charge in [-0.3, -0.25) is 4.79 Å². The Hall–Kier alpha value is -1.99. The Bertz CT molecular complexity index is 659. The van der Waals surface area contributed by atoms with Crippen molar-refractivity contribution in [3.63, 3.8) is 0 Å². The SMILES string of the molecule is O=C(NCc1csc(-c2cccs2)n1)c1ccno1. The first-order valence-corrected chi connectivity index (χ1v) is 7.26. The second kappa shape index (κ2) is 5.33. The van der Waals surface area contributed by atoms with Crippen LogP contribution in [0.25, 0.3) is 9.88 Å². The molecule has 0 atom stereocenters. The third kappa shape index (κ3) is 2.72. The molecule has 1 N–H and O–H groups in total. The summed E-state index contributed by atoms with van der Waals surface area (Å²) in [5.41, 5.74) is 0.835. The average molecular weight is 291 g/mol. The Morgan fingerprint density at radius 2 is 2.32 bits per heavy atom. The fourth-order valence-corrected chi connectivity index (χ4v) is 3.13. The molecule has 0 aromatic carbocycles. The van der Waals surface area contributed by atoms with Crippen LogP contribution >= 0.6 is 22.7 Å². The highest BCUT2D eigenvalue weighted by molar-refractivity contribution is 7.20. The molecule has 19 heavy (non-hydrogen) atoms. The fourth-order valence-electron chi connectivity index (χ4n) is 1.49. The van der Waals surface area contributed by atoms with Gasteiger partial charge in [0.25, 0.3) is 5.91 Å². The summed E-state index contributed by atoms with van der Waals surface area (Å²) in [6.07, 6.45) is 1.44. The number of thiazole rings is 1. The minimum Gasteiger partial charge on any atom is -0.351 e. The number of carbonyl (C=O) groups is 1. The lowest BCUT2D eigenvalue weighted by molar-refractivity contribution is 0.0913. The number of hydrogen-bond donors (Lipinski definition) is 1. The van der Waals surface area contributed by atoms with E-state index in [4.69, 9.17) is 4.52 Å². The van der Waals surface area contributed by atoms with E-state index >= 15 is 0 Å².